The molecule has 0 aromatic heterocycles. The van der Waals surface area contributed by atoms with Crippen LogP contribution in [-0.4, -0.2) is 32.3 Å². The SMILES string of the molecule is COc1ccc(NC(=S)NN=Cc2ccc3c(c2)OCO3)cc1OC. The van der Waals surface area contributed by atoms with E-state index in [0.717, 1.165) is 17.0 Å². The van der Waals surface area contributed by atoms with Gasteiger partial charge in [0.25, 0.3) is 0 Å². The minimum atomic E-state index is 0.244. The van der Waals surface area contributed by atoms with E-state index in [9.17, 15) is 0 Å². The fraction of sp³-hybridized carbons (Fsp3) is 0.176. The molecule has 0 radical (unpaired) electrons. The van der Waals surface area contributed by atoms with Crippen molar-refractivity contribution in [2.75, 3.05) is 26.3 Å². The zero-order valence-electron chi connectivity index (χ0n) is 13.7. The van der Waals surface area contributed by atoms with E-state index in [4.69, 9.17) is 31.2 Å². The summed E-state index contributed by atoms with van der Waals surface area (Å²) in [4.78, 5) is 0. The van der Waals surface area contributed by atoms with Gasteiger partial charge in [0.05, 0.1) is 20.4 Å². The monoisotopic (exact) mass is 359 g/mol. The number of hydrogen-bond acceptors (Lipinski definition) is 6. The van der Waals surface area contributed by atoms with Crippen molar-refractivity contribution in [1.29, 1.82) is 0 Å². The zero-order valence-corrected chi connectivity index (χ0v) is 14.6. The number of methoxy groups -OCH3 is 2. The van der Waals surface area contributed by atoms with Gasteiger partial charge in [-0.05, 0) is 48.1 Å². The van der Waals surface area contributed by atoms with Crippen molar-refractivity contribution in [1.82, 2.24) is 5.43 Å². The number of rotatable bonds is 5. The third-order valence-corrected chi connectivity index (χ3v) is 3.61. The Morgan fingerprint density at radius 3 is 2.68 bits per heavy atom. The summed E-state index contributed by atoms with van der Waals surface area (Å²) < 4.78 is 21.0. The summed E-state index contributed by atoms with van der Waals surface area (Å²) in [6.07, 6.45) is 1.64. The Hall–Kier alpha value is -3.00. The minimum Gasteiger partial charge on any atom is -0.493 e. The fourth-order valence-corrected chi connectivity index (χ4v) is 2.40. The van der Waals surface area contributed by atoms with Gasteiger partial charge in [-0.25, -0.2) is 0 Å². The highest BCUT2D eigenvalue weighted by atomic mass is 32.1. The average Bonchev–Trinajstić information content (AvgIpc) is 3.09. The molecule has 0 saturated heterocycles. The van der Waals surface area contributed by atoms with Gasteiger partial charge in [-0.1, -0.05) is 0 Å². The number of ether oxygens (including phenoxy) is 4. The van der Waals surface area contributed by atoms with Gasteiger partial charge in [0.15, 0.2) is 28.1 Å². The van der Waals surface area contributed by atoms with Crippen LogP contribution in [0.1, 0.15) is 5.56 Å². The molecule has 25 heavy (non-hydrogen) atoms. The molecule has 0 bridgehead atoms. The molecule has 0 unspecified atom stereocenters. The van der Waals surface area contributed by atoms with E-state index in [1.54, 1.807) is 32.6 Å². The standard InChI is InChI=1S/C17H17N3O4S/c1-21-13-6-4-12(8-15(13)22-2)19-17(25)20-18-9-11-3-5-14-16(7-11)24-10-23-14/h3-9H,10H2,1-2H3,(H2,19,20,25). The zero-order chi connectivity index (χ0) is 17.6. The fourth-order valence-electron chi connectivity index (χ4n) is 2.23. The molecule has 1 aliphatic rings. The molecule has 0 saturated carbocycles. The topological polar surface area (TPSA) is 73.3 Å². The molecule has 7 nitrogen and oxygen atoms in total. The molecule has 2 aromatic rings. The van der Waals surface area contributed by atoms with Gasteiger partial charge in [0, 0.05) is 11.8 Å². The molecule has 0 fully saturated rings. The molecule has 0 amide bonds. The predicted molar refractivity (Wildman–Crippen MR) is 99.1 cm³/mol. The molecule has 1 heterocycles. The van der Waals surface area contributed by atoms with Gasteiger partial charge in [-0.15, -0.1) is 0 Å². The van der Waals surface area contributed by atoms with Gasteiger partial charge < -0.3 is 24.3 Å². The molecule has 3 rings (SSSR count). The lowest BCUT2D eigenvalue weighted by Gasteiger charge is -2.11. The summed E-state index contributed by atoms with van der Waals surface area (Å²) in [6.45, 7) is 0.244. The van der Waals surface area contributed by atoms with Crippen molar-refractivity contribution in [3.8, 4) is 23.0 Å². The number of nitrogens with zero attached hydrogens (tertiary/aromatic N) is 1. The Morgan fingerprint density at radius 2 is 1.88 bits per heavy atom. The molecule has 2 aromatic carbocycles. The van der Waals surface area contributed by atoms with E-state index in [1.165, 1.54) is 0 Å². The van der Waals surface area contributed by atoms with Crippen LogP contribution in [0.25, 0.3) is 0 Å². The lowest BCUT2D eigenvalue weighted by molar-refractivity contribution is 0.174. The molecular formula is C17H17N3O4S. The lowest BCUT2D eigenvalue weighted by atomic mass is 10.2. The summed E-state index contributed by atoms with van der Waals surface area (Å²) in [5.74, 6) is 2.69. The van der Waals surface area contributed by atoms with Gasteiger partial charge in [0.1, 0.15) is 0 Å². The summed E-state index contributed by atoms with van der Waals surface area (Å²) in [5.41, 5.74) is 4.38. The van der Waals surface area contributed by atoms with E-state index in [1.807, 2.05) is 24.3 Å². The first kappa shape index (κ1) is 16.8. The quantitative estimate of drug-likeness (QED) is 0.483. The second kappa shape index (κ2) is 7.71. The van der Waals surface area contributed by atoms with Crippen molar-refractivity contribution in [3.63, 3.8) is 0 Å². The lowest BCUT2D eigenvalue weighted by Crippen LogP contribution is -2.23. The molecule has 0 spiro atoms. The number of fused-ring (bicyclic) bond motifs is 1. The summed E-state index contributed by atoms with van der Waals surface area (Å²) >= 11 is 5.22. The smallest absolute Gasteiger partial charge is 0.231 e. The maximum Gasteiger partial charge on any atom is 0.231 e. The van der Waals surface area contributed by atoms with E-state index in [-0.39, 0.29) is 6.79 Å². The Morgan fingerprint density at radius 1 is 1.08 bits per heavy atom. The van der Waals surface area contributed by atoms with Gasteiger partial charge >= 0.3 is 0 Å². The maximum atomic E-state index is 5.32. The Bertz CT molecular complexity index is 810. The first-order chi connectivity index (χ1) is 12.2. The number of nitrogens with one attached hydrogen (secondary N) is 2. The van der Waals surface area contributed by atoms with E-state index in [2.05, 4.69) is 15.8 Å². The number of hydrazone groups is 1. The number of benzene rings is 2. The largest absolute Gasteiger partial charge is 0.493 e. The highest BCUT2D eigenvalue weighted by Crippen LogP contribution is 2.32. The van der Waals surface area contributed by atoms with E-state index in [0.29, 0.717) is 22.4 Å². The van der Waals surface area contributed by atoms with Gasteiger partial charge in [-0.2, -0.15) is 5.10 Å². The average molecular weight is 359 g/mol. The summed E-state index contributed by atoms with van der Waals surface area (Å²) in [6, 6.07) is 11.0. The molecule has 0 atom stereocenters. The van der Waals surface area contributed by atoms with Crippen molar-refractivity contribution in [2.45, 2.75) is 0 Å². The Kier molecular flexibility index (Phi) is 5.20. The van der Waals surface area contributed by atoms with Crippen LogP contribution in [0.4, 0.5) is 5.69 Å². The van der Waals surface area contributed by atoms with Crippen LogP contribution < -0.4 is 29.7 Å². The number of hydrogen-bond donors (Lipinski definition) is 2. The predicted octanol–water partition coefficient (Wildman–Crippen LogP) is 2.75. The Labute approximate surface area is 150 Å². The third kappa shape index (κ3) is 4.10. The molecule has 0 aliphatic carbocycles. The van der Waals surface area contributed by atoms with Gasteiger partial charge in [0.2, 0.25) is 6.79 Å². The summed E-state index contributed by atoms with van der Waals surface area (Å²) in [7, 11) is 3.16. The minimum absolute atomic E-state index is 0.244. The van der Waals surface area contributed by atoms with Crippen LogP contribution in [0.15, 0.2) is 41.5 Å². The molecule has 2 N–H and O–H groups in total. The Balaban J connectivity index is 1.57. The third-order valence-electron chi connectivity index (χ3n) is 3.42. The second-order valence-corrected chi connectivity index (χ2v) is 5.41. The normalized spacial score (nSPS) is 12.1. The highest BCUT2D eigenvalue weighted by molar-refractivity contribution is 7.80. The molecule has 1 aliphatic heterocycles. The van der Waals surface area contributed by atoms with Crippen LogP contribution in [0.2, 0.25) is 0 Å². The van der Waals surface area contributed by atoms with E-state index < -0.39 is 0 Å². The van der Waals surface area contributed by atoms with Crippen molar-refractivity contribution in [2.24, 2.45) is 5.10 Å². The first-order valence-electron chi connectivity index (χ1n) is 7.41. The molecular weight excluding hydrogens is 342 g/mol. The number of anilines is 1. The molecule has 130 valence electrons. The van der Waals surface area contributed by atoms with E-state index >= 15 is 0 Å². The summed E-state index contributed by atoms with van der Waals surface area (Å²) in [5, 5.41) is 7.48. The van der Waals surface area contributed by atoms with Crippen LogP contribution >= 0.6 is 12.2 Å². The molecule has 8 heteroatoms. The van der Waals surface area contributed by atoms with Crippen molar-refractivity contribution < 1.29 is 18.9 Å². The van der Waals surface area contributed by atoms with Crippen molar-refractivity contribution >= 4 is 29.2 Å². The number of thiocarbonyl (C=S) groups is 1. The van der Waals surface area contributed by atoms with Crippen LogP contribution in [-0.2, 0) is 0 Å². The highest BCUT2D eigenvalue weighted by Gasteiger charge is 2.12. The first-order valence-corrected chi connectivity index (χ1v) is 7.82. The second-order valence-electron chi connectivity index (χ2n) is 5.01. The maximum absolute atomic E-state index is 5.32. The van der Waals surface area contributed by atoms with Gasteiger partial charge in [-0.3, -0.25) is 5.43 Å². The van der Waals surface area contributed by atoms with Crippen LogP contribution in [0, 0.1) is 0 Å². The van der Waals surface area contributed by atoms with Crippen molar-refractivity contribution in [3.05, 3.63) is 42.0 Å². The van der Waals surface area contributed by atoms with Crippen LogP contribution in [0.3, 0.4) is 0 Å². The van der Waals surface area contributed by atoms with Crippen LogP contribution in [0.5, 0.6) is 23.0 Å².